The van der Waals surface area contributed by atoms with Crippen LogP contribution in [0.3, 0.4) is 0 Å². The van der Waals surface area contributed by atoms with E-state index in [4.69, 9.17) is 23.2 Å². The van der Waals surface area contributed by atoms with Crippen LogP contribution in [0.25, 0.3) is 0 Å². The molecule has 26 heavy (non-hydrogen) atoms. The molecule has 1 heterocycles. The molecule has 0 bridgehead atoms. The summed E-state index contributed by atoms with van der Waals surface area (Å²) in [6.07, 6.45) is 4.10. The zero-order chi connectivity index (χ0) is 18.7. The van der Waals surface area contributed by atoms with Crippen LogP contribution in [0.1, 0.15) is 47.4 Å². The third kappa shape index (κ3) is 4.51. The van der Waals surface area contributed by atoms with Gasteiger partial charge in [0.2, 0.25) is 0 Å². The van der Waals surface area contributed by atoms with E-state index in [1.54, 1.807) is 18.2 Å². The molecule has 0 saturated heterocycles. The largest absolute Gasteiger partial charge is 0.382 e. The molecule has 3 rings (SSSR count). The number of anilines is 1. The van der Waals surface area contributed by atoms with E-state index >= 15 is 0 Å². The number of carbonyl (C=O) groups excluding carboxylic acids is 1. The lowest BCUT2D eigenvalue weighted by Gasteiger charge is -2.29. The van der Waals surface area contributed by atoms with Gasteiger partial charge < -0.3 is 10.6 Å². The molecule has 1 fully saturated rings. The number of aromatic amines is 1. The molecular formula is C19H24Cl2N4O. The third-order valence-corrected chi connectivity index (χ3v) is 5.62. The Balaban J connectivity index is 1.48. The summed E-state index contributed by atoms with van der Waals surface area (Å²) >= 11 is 12.1. The van der Waals surface area contributed by atoms with Crippen LogP contribution in [-0.4, -0.2) is 28.7 Å². The number of benzene rings is 1. The van der Waals surface area contributed by atoms with Crippen molar-refractivity contribution in [3.63, 3.8) is 0 Å². The fourth-order valence-corrected chi connectivity index (χ4v) is 3.88. The van der Waals surface area contributed by atoms with Gasteiger partial charge in [0.05, 0.1) is 27.7 Å². The predicted octanol–water partition coefficient (Wildman–Crippen LogP) is 4.73. The minimum atomic E-state index is -0.149. The van der Waals surface area contributed by atoms with Gasteiger partial charge in [0, 0.05) is 17.6 Å². The Morgan fingerprint density at radius 3 is 2.62 bits per heavy atom. The monoisotopic (exact) mass is 394 g/mol. The molecule has 5 nitrogen and oxygen atoms in total. The number of hydrogen-bond donors (Lipinski definition) is 3. The summed E-state index contributed by atoms with van der Waals surface area (Å²) in [5.41, 5.74) is 3.62. The van der Waals surface area contributed by atoms with Crippen molar-refractivity contribution < 1.29 is 4.79 Å². The normalized spacial score (nSPS) is 20.0. The van der Waals surface area contributed by atoms with E-state index in [1.165, 1.54) is 0 Å². The Labute approximate surface area is 163 Å². The molecule has 0 radical (unpaired) electrons. The predicted molar refractivity (Wildman–Crippen MR) is 106 cm³/mol. The molecule has 1 amide bonds. The zero-order valence-electron chi connectivity index (χ0n) is 15.0. The first-order chi connectivity index (χ1) is 12.4. The lowest BCUT2D eigenvalue weighted by atomic mass is 9.86. The number of halogens is 2. The minimum absolute atomic E-state index is 0.149. The molecule has 1 aliphatic carbocycles. The molecule has 1 aromatic heterocycles. The van der Waals surface area contributed by atoms with Crippen molar-refractivity contribution in [2.45, 2.75) is 45.6 Å². The number of amides is 1. The van der Waals surface area contributed by atoms with E-state index < -0.39 is 0 Å². The Morgan fingerprint density at radius 1 is 1.23 bits per heavy atom. The maximum absolute atomic E-state index is 12.4. The molecule has 7 heteroatoms. The molecule has 1 aliphatic rings. The number of aryl methyl sites for hydroxylation is 2. The van der Waals surface area contributed by atoms with Gasteiger partial charge in [-0.3, -0.25) is 9.89 Å². The highest BCUT2D eigenvalue weighted by atomic mass is 35.5. The highest BCUT2D eigenvalue weighted by Gasteiger charge is 2.24. The summed E-state index contributed by atoms with van der Waals surface area (Å²) in [6, 6.07) is 5.14. The van der Waals surface area contributed by atoms with Crippen molar-refractivity contribution in [1.82, 2.24) is 15.5 Å². The number of carbonyl (C=O) groups is 1. The SMILES string of the molecule is Cc1n[nH]c(C)c1NC[C@H]1CC[C@H](NC(=O)c2cc(Cl)ccc2Cl)CC1. The lowest BCUT2D eigenvalue weighted by molar-refractivity contribution is 0.0923. The highest BCUT2D eigenvalue weighted by Crippen LogP contribution is 2.27. The maximum atomic E-state index is 12.4. The molecule has 2 aromatic rings. The fraction of sp³-hybridized carbons (Fsp3) is 0.474. The number of aromatic nitrogens is 2. The van der Waals surface area contributed by atoms with Crippen LogP contribution < -0.4 is 10.6 Å². The van der Waals surface area contributed by atoms with Crippen molar-refractivity contribution in [1.29, 1.82) is 0 Å². The van der Waals surface area contributed by atoms with Crippen LogP contribution in [0.5, 0.6) is 0 Å². The Hall–Kier alpha value is -1.72. The van der Waals surface area contributed by atoms with Gasteiger partial charge in [0.15, 0.2) is 0 Å². The summed E-state index contributed by atoms with van der Waals surface area (Å²) in [5, 5.41) is 14.8. The maximum Gasteiger partial charge on any atom is 0.253 e. The minimum Gasteiger partial charge on any atom is -0.382 e. The van der Waals surface area contributed by atoms with Gasteiger partial charge in [-0.2, -0.15) is 5.10 Å². The molecule has 140 valence electrons. The number of rotatable bonds is 5. The van der Waals surface area contributed by atoms with Gasteiger partial charge in [-0.25, -0.2) is 0 Å². The number of nitrogens with zero attached hydrogens (tertiary/aromatic N) is 1. The first-order valence-electron chi connectivity index (χ1n) is 8.95. The van der Waals surface area contributed by atoms with E-state index in [0.29, 0.717) is 21.5 Å². The molecular weight excluding hydrogens is 371 g/mol. The molecule has 0 unspecified atom stereocenters. The van der Waals surface area contributed by atoms with Crippen molar-refractivity contribution >= 4 is 34.8 Å². The first kappa shape index (κ1) is 19.1. The van der Waals surface area contributed by atoms with Crippen molar-refractivity contribution in [3.05, 3.63) is 45.2 Å². The van der Waals surface area contributed by atoms with E-state index in [-0.39, 0.29) is 11.9 Å². The third-order valence-electron chi connectivity index (χ3n) is 5.05. The molecule has 0 atom stereocenters. The Kier molecular flexibility index (Phi) is 6.09. The van der Waals surface area contributed by atoms with Gasteiger partial charge in [-0.05, 0) is 63.6 Å². The smallest absolute Gasteiger partial charge is 0.253 e. The zero-order valence-corrected chi connectivity index (χ0v) is 16.5. The van der Waals surface area contributed by atoms with Crippen LogP contribution in [0.4, 0.5) is 5.69 Å². The molecule has 0 spiro atoms. The summed E-state index contributed by atoms with van der Waals surface area (Å²) in [4.78, 5) is 12.4. The van der Waals surface area contributed by atoms with Crippen LogP contribution in [0.2, 0.25) is 10.0 Å². The van der Waals surface area contributed by atoms with Gasteiger partial charge in [0.25, 0.3) is 5.91 Å². The van der Waals surface area contributed by atoms with Crippen LogP contribution in [0.15, 0.2) is 18.2 Å². The van der Waals surface area contributed by atoms with Gasteiger partial charge in [0.1, 0.15) is 0 Å². The lowest BCUT2D eigenvalue weighted by Crippen LogP contribution is -2.38. The quantitative estimate of drug-likeness (QED) is 0.685. The Morgan fingerprint density at radius 2 is 1.96 bits per heavy atom. The second kappa shape index (κ2) is 8.31. The number of hydrogen-bond acceptors (Lipinski definition) is 3. The first-order valence-corrected chi connectivity index (χ1v) is 9.71. The number of H-pyrrole nitrogens is 1. The van der Waals surface area contributed by atoms with E-state index in [0.717, 1.165) is 49.3 Å². The average Bonchev–Trinajstić information content (AvgIpc) is 2.94. The summed E-state index contributed by atoms with van der Waals surface area (Å²) in [6.45, 7) is 4.96. The van der Waals surface area contributed by atoms with Crippen LogP contribution in [0, 0.1) is 19.8 Å². The van der Waals surface area contributed by atoms with Crippen LogP contribution >= 0.6 is 23.2 Å². The Bertz CT molecular complexity index is 762. The highest BCUT2D eigenvalue weighted by molar-refractivity contribution is 6.35. The fourth-order valence-electron chi connectivity index (χ4n) is 3.50. The summed E-state index contributed by atoms with van der Waals surface area (Å²) < 4.78 is 0. The van der Waals surface area contributed by atoms with Crippen molar-refractivity contribution in [2.24, 2.45) is 5.92 Å². The molecule has 0 aliphatic heterocycles. The van der Waals surface area contributed by atoms with Gasteiger partial charge >= 0.3 is 0 Å². The standard InChI is InChI=1S/C19H24Cl2N4O/c1-11-18(12(2)25-24-11)22-10-13-3-6-15(7-4-13)23-19(26)16-9-14(20)5-8-17(16)21/h5,8-9,13,15,22H,3-4,6-7,10H2,1-2H3,(H,23,26)(H,24,25)/t13-,15-. The molecule has 1 saturated carbocycles. The topological polar surface area (TPSA) is 69.8 Å². The van der Waals surface area contributed by atoms with E-state index in [2.05, 4.69) is 20.8 Å². The van der Waals surface area contributed by atoms with Crippen LogP contribution in [-0.2, 0) is 0 Å². The molecule has 1 aromatic carbocycles. The van der Waals surface area contributed by atoms with Gasteiger partial charge in [-0.1, -0.05) is 23.2 Å². The number of nitrogens with one attached hydrogen (secondary N) is 3. The van der Waals surface area contributed by atoms with Crippen molar-refractivity contribution in [3.8, 4) is 0 Å². The average molecular weight is 395 g/mol. The second-order valence-corrected chi connectivity index (χ2v) is 7.85. The summed E-state index contributed by atoms with van der Waals surface area (Å²) in [7, 11) is 0. The second-order valence-electron chi connectivity index (χ2n) is 7.01. The van der Waals surface area contributed by atoms with Gasteiger partial charge in [-0.15, -0.1) is 0 Å². The molecule has 3 N–H and O–H groups in total. The van der Waals surface area contributed by atoms with E-state index in [9.17, 15) is 4.79 Å². The summed E-state index contributed by atoms with van der Waals surface area (Å²) in [5.74, 6) is 0.454. The van der Waals surface area contributed by atoms with E-state index in [1.807, 2.05) is 13.8 Å². The van der Waals surface area contributed by atoms with Crippen molar-refractivity contribution in [2.75, 3.05) is 11.9 Å².